The predicted molar refractivity (Wildman–Crippen MR) is 205 cm³/mol. The van der Waals surface area contributed by atoms with E-state index in [0.29, 0.717) is 24.2 Å². The molecule has 0 unspecified atom stereocenters. The first-order valence-corrected chi connectivity index (χ1v) is 19.6. The van der Waals surface area contributed by atoms with Crippen LogP contribution in [0.5, 0.6) is 0 Å². The Morgan fingerprint density at radius 1 is 0.388 bits per heavy atom. The van der Waals surface area contributed by atoms with Gasteiger partial charge in [-0.15, -0.1) is 0 Å². The summed E-state index contributed by atoms with van der Waals surface area (Å²) in [7, 11) is 0. The summed E-state index contributed by atoms with van der Waals surface area (Å²) in [6.45, 7) is 8.42. The molecule has 0 spiro atoms. The zero-order valence-electron chi connectivity index (χ0n) is 31.0. The maximum absolute atomic E-state index is 4.94. The first-order chi connectivity index (χ1) is 23.4. The number of hydrogen-bond acceptors (Lipinski definition) is 6. The summed E-state index contributed by atoms with van der Waals surface area (Å²) in [5, 5.41) is 0. The van der Waals surface area contributed by atoms with Gasteiger partial charge in [0, 0.05) is 17.1 Å². The number of aromatic nitrogens is 2. The predicted octanol–water partition coefficient (Wildman–Crippen LogP) is 10.7. The van der Waals surface area contributed by atoms with E-state index in [4.69, 9.17) is 29.9 Å². The standard InChI is InChI=1S/2C21H31N3.Fe/c2*1-16(22-18-10-5-3-6-11-18)20-14-9-15-21(24-20)17(2)23-19-12-7-4-8-13-19;/h2*9,14-15,18-19H,3-8,10-13H2,1-2H3;. The van der Waals surface area contributed by atoms with Crippen LogP contribution in [0.1, 0.15) is 179 Å². The van der Waals surface area contributed by atoms with E-state index in [1.54, 1.807) is 0 Å². The number of hydrogen-bond donors (Lipinski definition) is 0. The third-order valence-electron chi connectivity index (χ3n) is 10.8. The second kappa shape index (κ2) is 21.0. The Bertz CT molecular complexity index is 1200. The summed E-state index contributed by atoms with van der Waals surface area (Å²) in [5.41, 5.74) is 8.35. The van der Waals surface area contributed by atoms with Gasteiger partial charge in [-0.3, -0.25) is 20.0 Å². The van der Waals surface area contributed by atoms with Crippen LogP contribution in [-0.4, -0.2) is 57.0 Å². The average Bonchev–Trinajstić information content (AvgIpc) is 3.13. The number of pyridine rings is 2. The van der Waals surface area contributed by atoms with Crippen molar-refractivity contribution in [2.45, 2.75) is 180 Å². The summed E-state index contributed by atoms with van der Waals surface area (Å²) in [6.07, 6.45) is 25.9. The smallest absolute Gasteiger partial charge is 0.0845 e. The van der Waals surface area contributed by atoms with E-state index in [1.807, 2.05) is 0 Å². The summed E-state index contributed by atoms with van der Waals surface area (Å²) in [5.74, 6) is 0. The van der Waals surface area contributed by atoms with Crippen molar-refractivity contribution in [1.29, 1.82) is 0 Å². The maximum Gasteiger partial charge on any atom is 0.0845 e. The molecule has 0 bridgehead atoms. The maximum atomic E-state index is 4.94. The molecule has 0 saturated heterocycles. The van der Waals surface area contributed by atoms with Gasteiger partial charge in [-0.2, -0.15) is 0 Å². The minimum absolute atomic E-state index is 0. The molecule has 2 aromatic rings. The van der Waals surface area contributed by atoms with Crippen LogP contribution in [0.3, 0.4) is 0 Å². The average molecular weight is 707 g/mol. The van der Waals surface area contributed by atoms with Crippen LogP contribution in [0.25, 0.3) is 0 Å². The molecule has 0 radical (unpaired) electrons. The van der Waals surface area contributed by atoms with E-state index in [9.17, 15) is 0 Å². The van der Waals surface area contributed by atoms with Crippen molar-refractivity contribution in [2.75, 3.05) is 0 Å². The van der Waals surface area contributed by atoms with E-state index in [2.05, 4.69) is 64.1 Å². The molecular formula is C42H62FeN6. The van der Waals surface area contributed by atoms with Crippen LogP contribution >= 0.6 is 0 Å². The molecule has 0 N–H and O–H groups in total. The van der Waals surface area contributed by atoms with Gasteiger partial charge in [-0.05, 0) is 103 Å². The fraction of sp³-hybridized carbons (Fsp3) is 0.667. The topological polar surface area (TPSA) is 75.2 Å². The molecule has 0 amide bonds. The molecule has 2 aromatic heterocycles. The van der Waals surface area contributed by atoms with Gasteiger partial charge in [0.15, 0.2) is 0 Å². The Balaban J connectivity index is 0.000000216. The van der Waals surface area contributed by atoms with E-state index >= 15 is 0 Å². The number of aliphatic imine (C=N–C) groups is 4. The van der Waals surface area contributed by atoms with Crippen LogP contribution in [0.4, 0.5) is 0 Å². The first kappa shape index (κ1) is 39.3. The van der Waals surface area contributed by atoms with E-state index in [1.165, 1.54) is 128 Å². The molecule has 268 valence electrons. The normalized spacial score (nSPS) is 21.5. The van der Waals surface area contributed by atoms with Crippen molar-refractivity contribution in [2.24, 2.45) is 20.0 Å². The molecule has 4 aliphatic rings. The summed E-state index contributed by atoms with van der Waals surface area (Å²) in [6, 6.07) is 14.5. The minimum Gasteiger partial charge on any atom is -0.284 e. The largest absolute Gasteiger partial charge is 0.284 e. The van der Waals surface area contributed by atoms with Crippen molar-refractivity contribution < 1.29 is 17.1 Å². The molecule has 0 atom stereocenters. The van der Waals surface area contributed by atoms with Crippen LogP contribution < -0.4 is 0 Å². The zero-order valence-corrected chi connectivity index (χ0v) is 32.1. The second-order valence-electron chi connectivity index (χ2n) is 14.8. The quantitative estimate of drug-likeness (QED) is 0.202. The monoisotopic (exact) mass is 706 g/mol. The SMILES string of the molecule is CC(=NC1CCCCC1)c1cccc(C(C)=NC2CCCCC2)n1.CC(=NC1CCCCC1)c1cccc(C(C)=NC2CCCCC2)n1.[Fe]. The molecule has 2 heterocycles. The third-order valence-corrected chi connectivity index (χ3v) is 10.8. The number of nitrogens with zero attached hydrogens (tertiary/aromatic N) is 6. The second-order valence-corrected chi connectivity index (χ2v) is 14.8. The van der Waals surface area contributed by atoms with Gasteiger partial charge >= 0.3 is 0 Å². The van der Waals surface area contributed by atoms with Gasteiger partial charge in [0.2, 0.25) is 0 Å². The van der Waals surface area contributed by atoms with Gasteiger partial charge in [-0.1, -0.05) is 89.2 Å². The third kappa shape index (κ3) is 13.0. The zero-order chi connectivity index (χ0) is 33.6. The molecule has 7 heteroatoms. The Hall–Kier alpha value is -2.50. The molecule has 4 fully saturated rings. The molecule has 4 saturated carbocycles. The van der Waals surface area contributed by atoms with Gasteiger partial charge in [0.25, 0.3) is 0 Å². The van der Waals surface area contributed by atoms with Gasteiger partial charge in [0.1, 0.15) is 0 Å². The Morgan fingerprint density at radius 2 is 0.592 bits per heavy atom. The van der Waals surface area contributed by atoms with Crippen LogP contribution in [0.15, 0.2) is 56.4 Å². The van der Waals surface area contributed by atoms with Gasteiger partial charge in [-0.25, -0.2) is 9.97 Å². The van der Waals surface area contributed by atoms with Crippen molar-refractivity contribution in [1.82, 2.24) is 9.97 Å². The van der Waals surface area contributed by atoms with Crippen LogP contribution in [0, 0.1) is 0 Å². The molecule has 0 aromatic carbocycles. The molecule has 6 rings (SSSR count). The summed E-state index contributed by atoms with van der Waals surface area (Å²) in [4.78, 5) is 29.4. The van der Waals surface area contributed by atoms with Crippen molar-refractivity contribution in [3.05, 3.63) is 59.2 Å². The van der Waals surface area contributed by atoms with E-state index in [-0.39, 0.29) is 17.1 Å². The van der Waals surface area contributed by atoms with Crippen molar-refractivity contribution in [3.8, 4) is 0 Å². The summed E-state index contributed by atoms with van der Waals surface area (Å²) >= 11 is 0. The van der Waals surface area contributed by atoms with Crippen molar-refractivity contribution in [3.63, 3.8) is 0 Å². The van der Waals surface area contributed by atoms with E-state index < -0.39 is 0 Å². The first-order valence-electron chi connectivity index (χ1n) is 19.6. The molecule has 4 aliphatic carbocycles. The molecule has 0 aliphatic heterocycles. The Labute approximate surface area is 308 Å². The Kier molecular flexibility index (Phi) is 16.8. The molecule has 49 heavy (non-hydrogen) atoms. The molecule has 6 nitrogen and oxygen atoms in total. The van der Waals surface area contributed by atoms with E-state index in [0.717, 1.165) is 45.6 Å². The summed E-state index contributed by atoms with van der Waals surface area (Å²) < 4.78 is 0. The van der Waals surface area contributed by atoms with Crippen molar-refractivity contribution >= 4 is 22.8 Å². The Morgan fingerprint density at radius 3 is 0.796 bits per heavy atom. The fourth-order valence-electron chi connectivity index (χ4n) is 7.88. The van der Waals surface area contributed by atoms with Gasteiger partial charge < -0.3 is 0 Å². The van der Waals surface area contributed by atoms with Crippen LogP contribution in [-0.2, 0) is 17.1 Å². The van der Waals surface area contributed by atoms with Gasteiger partial charge in [0.05, 0.1) is 69.8 Å². The minimum atomic E-state index is 0. The fourth-order valence-corrected chi connectivity index (χ4v) is 7.88. The number of rotatable bonds is 8. The van der Waals surface area contributed by atoms with Crippen LogP contribution in [0.2, 0.25) is 0 Å². The molecular weight excluding hydrogens is 644 g/mol.